The zero-order chi connectivity index (χ0) is 25.7. The lowest BCUT2D eigenvalue weighted by Gasteiger charge is -2.59. The summed E-state index contributed by atoms with van der Waals surface area (Å²) in [5, 5.41) is 0.417. The summed E-state index contributed by atoms with van der Waals surface area (Å²) >= 11 is 0. The van der Waals surface area contributed by atoms with E-state index in [1.54, 1.807) is 0 Å². The Morgan fingerprint density at radius 1 is 0.914 bits per heavy atom. The second kappa shape index (κ2) is 12.1. The highest BCUT2D eigenvalue weighted by Gasteiger charge is 2.60. The molecule has 2 saturated carbocycles. The highest BCUT2D eigenvalue weighted by Crippen LogP contribution is 2.56. The van der Waals surface area contributed by atoms with Crippen LogP contribution in [0.25, 0.3) is 0 Å². The van der Waals surface area contributed by atoms with Crippen molar-refractivity contribution in [2.45, 2.75) is 147 Å². The van der Waals surface area contributed by atoms with E-state index >= 15 is 0 Å². The Morgan fingerprint density at radius 2 is 1.43 bits per heavy atom. The predicted molar refractivity (Wildman–Crippen MR) is 141 cm³/mol. The number of carbonyl (C=O) groups is 1. The Balaban J connectivity index is 0.000000429. The first-order chi connectivity index (χ1) is 16.4. The predicted octanol–water partition coefficient (Wildman–Crippen LogP) is 6.39. The maximum Gasteiger partial charge on any atom is 0.293 e. The van der Waals surface area contributed by atoms with Gasteiger partial charge in [-0.2, -0.15) is 0 Å². The maximum absolute atomic E-state index is 11.4. The number of ether oxygens (including phenoxy) is 5. The molecular weight excluding hydrogens is 463 g/mol. The van der Waals surface area contributed by atoms with Gasteiger partial charge in [0, 0.05) is 32.5 Å². The molecule has 4 aliphatic rings. The van der Waals surface area contributed by atoms with Crippen LogP contribution in [0.2, 0.25) is 0 Å². The smallest absolute Gasteiger partial charge is 0.293 e. The van der Waals surface area contributed by atoms with Crippen molar-refractivity contribution < 1.29 is 28.5 Å². The summed E-state index contributed by atoms with van der Waals surface area (Å²) in [5.74, 6) is 1.19. The fourth-order valence-corrected chi connectivity index (χ4v) is 6.42. The van der Waals surface area contributed by atoms with Crippen molar-refractivity contribution in [1.29, 1.82) is 0 Å². The standard InChI is InChI=1S/C22H36O6.C6H15P/c1-17-11-21(26-16-23)13-20(2,27-18-7-3-5-9-24-18)14-22(12-17,15-21)28-19-8-4-6-10-25-19;1-5(2)6(3,4)7/h16-19H,3-15H2,1-2H3;5H,7H2,1-4H3. The minimum absolute atomic E-state index is 0.165. The van der Waals surface area contributed by atoms with E-state index < -0.39 is 11.2 Å². The number of carbonyl (C=O) groups excluding carboxylic acids is 1. The van der Waals surface area contributed by atoms with Gasteiger partial charge < -0.3 is 23.7 Å². The fourth-order valence-electron chi connectivity index (χ4n) is 6.42. The number of rotatable bonds is 7. The maximum atomic E-state index is 11.4. The first-order valence-electron chi connectivity index (χ1n) is 13.9. The molecule has 35 heavy (non-hydrogen) atoms. The number of fused-ring (bicyclic) bond motifs is 2. The Hall–Kier alpha value is -0.260. The highest BCUT2D eigenvalue weighted by molar-refractivity contribution is 7.18. The van der Waals surface area contributed by atoms with Crippen LogP contribution in [0.1, 0.15) is 112 Å². The molecule has 4 fully saturated rings. The molecule has 0 spiro atoms. The summed E-state index contributed by atoms with van der Waals surface area (Å²) in [6, 6.07) is 0. The normalized spacial score (nSPS) is 39.9. The topological polar surface area (TPSA) is 63.2 Å². The molecule has 7 atom stereocenters. The van der Waals surface area contributed by atoms with Crippen molar-refractivity contribution in [1.82, 2.24) is 0 Å². The molecule has 0 N–H and O–H groups in total. The molecule has 0 aromatic carbocycles. The molecule has 0 aromatic rings. The zero-order valence-electron chi connectivity index (χ0n) is 23.1. The Bertz CT molecular complexity index is 665. The van der Waals surface area contributed by atoms with E-state index in [0.29, 0.717) is 24.0 Å². The molecule has 4 rings (SSSR count). The molecule has 2 aliphatic carbocycles. The Morgan fingerprint density at radius 3 is 1.91 bits per heavy atom. The first kappa shape index (κ1) is 29.3. The van der Waals surface area contributed by atoms with E-state index in [1.807, 2.05) is 0 Å². The van der Waals surface area contributed by atoms with E-state index in [0.717, 1.165) is 83.3 Å². The second-order valence-electron chi connectivity index (χ2n) is 12.9. The fraction of sp³-hybridized carbons (Fsp3) is 0.964. The molecule has 0 radical (unpaired) electrons. The van der Waals surface area contributed by atoms with Crippen LogP contribution in [0.3, 0.4) is 0 Å². The number of hydrogen-bond donors (Lipinski definition) is 0. The van der Waals surface area contributed by atoms with Crippen molar-refractivity contribution >= 4 is 15.7 Å². The third kappa shape index (κ3) is 8.37. The van der Waals surface area contributed by atoms with Crippen LogP contribution in [-0.2, 0) is 28.5 Å². The van der Waals surface area contributed by atoms with Gasteiger partial charge >= 0.3 is 0 Å². The third-order valence-corrected chi connectivity index (χ3v) is 9.00. The SMILES string of the molecule is CC(C)C(C)(C)P.CC1CC2(OC=O)CC(C)(OC3CCCCO3)CC(OC3CCCCO3)(C1)C2. The lowest BCUT2D eigenvalue weighted by molar-refractivity contribution is -0.313. The van der Waals surface area contributed by atoms with Crippen molar-refractivity contribution in [2.24, 2.45) is 11.8 Å². The molecular formula is C28H51O6P. The summed E-state index contributed by atoms with van der Waals surface area (Å²) in [7, 11) is 2.83. The van der Waals surface area contributed by atoms with E-state index in [2.05, 4.69) is 50.8 Å². The van der Waals surface area contributed by atoms with Crippen molar-refractivity contribution in [3.05, 3.63) is 0 Å². The molecule has 0 amide bonds. The number of hydrogen-bond acceptors (Lipinski definition) is 6. The van der Waals surface area contributed by atoms with E-state index in [4.69, 9.17) is 23.7 Å². The average molecular weight is 515 g/mol. The first-order valence-corrected chi connectivity index (χ1v) is 14.5. The van der Waals surface area contributed by atoms with Crippen LogP contribution < -0.4 is 0 Å². The summed E-state index contributed by atoms with van der Waals surface area (Å²) in [6.45, 7) is 15.4. The molecule has 2 heterocycles. The van der Waals surface area contributed by atoms with E-state index in [9.17, 15) is 4.79 Å². The largest absolute Gasteiger partial charge is 0.461 e. The van der Waals surface area contributed by atoms with Gasteiger partial charge in [0.15, 0.2) is 12.6 Å². The van der Waals surface area contributed by atoms with E-state index in [1.165, 1.54) is 0 Å². The highest BCUT2D eigenvalue weighted by atomic mass is 31.0. The Labute approximate surface area is 216 Å². The van der Waals surface area contributed by atoms with Gasteiger partial charge in [0.1, 0.15) is 5.60 Å². The minimum Gasteiger partial charge on any atom is -0.461 e. The van der Waals surface area contributed by atoms with Gasteiger partial charge in [-0.15, -0.1) is 9.24 Å². The van der Waals surface area contributed by atoms with Crippen LogP contribution in [0.4, 0.5) is 0 Å². The molecule has 2 aliphatic heterocycles. The lowest BCUT2D eigenvalue weighted by atomic mass is 9.58. The third-order valence-electron chi connectivity index (χ3n) is 8.34. The second-order valence-corrected chi connectivity index (χ2v) is 14.4. The minimum atomic E-state index is -0.532. The van der Waals surface area contributed by atoms with Crippen LogP contribution in [-0.4, -0.2) is 54.2 Å². The van der Waals surface area contributed by atoms with Crippen LogP contribution in [0.15, 0.2) is 0 Å². The molecule has 6 nitrogen and oxygen atoms in total. The molecule has 0 aromatic heterocycles. The van der Waals surface area contributed by atoms with E-state index in [-0.39, 0.29) is 18.2 Å². The molecule has 7 heteroatoms. The zero-order valence-corrected chi connectivity index (χ0v) is 24.3. The van der Waals surface area contributed by atoms with Crippen molar-refractivity contribution in [3.63, 3.8) is 0 Å². The van der Waals surface area contributed by atoms with Gasteiger partial charge in [-0.05, 0) is 75.3 Å². The summed E-state index contributed by atoms with van der Waals surface area (Å²) < 4.78 is 30.8. The summed E-state index contributed by atoms with van der Waals surface area (Å²) in [6.07, 6.45) is 9.98. The Kier molecular flexibility index (Phi) is 10.1. The molecule has 7 unspecified atom stereocenters. The van der Waals surface area contributed by atoms with Gasteiger partial charge in [0.05, 0.1) is 11.2 Å². The monoisotopic (exact) mass is 514 g/mol. The molecule has 2 saturated heterocycles. The van der Waals surface area contributed by atoms with Gasteiger partial charge in [-0.3, -0.25) is 4.79 Å². The molecule has 204 valence electrons. The van der Waals surface area contributed by atoms with Gasteiger partial charge in [0.25, 0.3) is 6.47 Å². The average Bonchev–Trinajstić information content (AvgIpc) is 2.73. The van der Waals surface area contributed by atoms with Crippen LogP contribution >= 0.6 is 9.24 Å². The van der Waals surface area contributed by atoms with Gasteiger partial charge in [-0.25, -0.2) is 0 Å². The van der Waals surface area contributed by atoms with Crippen LogP contribution in [0, 0.1) is 11.8 Å². The summed E-state index contributed by atoms with van der Waals surface area (Å²) in [5.41, 5.74) is -1.36. The van der Waals surface area contributed by atoms with Crippen molar-refractivity contribution in [2.75, 3.05) is 13.2 Å². The lowest BCUT2D eigenvalue weighted by Crippen LogP contribution is -2.63. The van der Waals surface area contributed by atoms with Crippen molar-refractivity contribution in [3.8, 4) is 0 Å². The van der Waals surface area contributed by atoms with Gasteiger partial charge in [0.2, 0.25) is 0 Å². The quantitative estimate of drug-likeness (QED) is 0.290. The summed E-state index contributed by atoms with van der Waals surface area (Å²) in [4.78, 5) is 11.4. The van der Waals surface area contributed by atoms with Gasteiger partial charge in [-0.1, -0.05) is 34.6 Å². The van der Waals surface area contributed by atoms with Crippen LogP contribution in [0.5, 0.6) is 0 Å². The molecule has 2 bridgehead atoms.